The van der Waals surface area contributed by atoms with Crippen molar-refractivity contribution < 1.29 is 42.1 Å². The maximum atomic E-state index is 14.9. The van der Waals surface area contributed by atoms with Crippen LogP contribution in [0.2, 0.25) is 10.0 Å². The number of halogens is 4. The van der Waals surface area contributed by atoms with Gasteiger partial charge in [0.05, 0.1) is 68.4 Å². The lowest BCUT2D eigenvalue weighted by atomic mass is 9.85. The molecule has 1 heterocycles. The summed E-state index contributed by atoms with van der Waals surface area (Å²) in [6.07, 6.45) is -1.59. The molecule has 1 aliphatic heterocycles. The molecule has 1 aliphatic rings. The smallest absolute Gasteiger partial charge is 0.494 e. The van der Waals surface area contributed by atoms with E-state index in [0.29, 0.717) is 32.0 Å². The standard InChI is InChI=1S/C40H43Cl2F2NO7/c1-40(2,3)51-39(46)52-45-22-34(49-25-29-12-7-14-32(41)37(29)43)36(35(23-45)50-26-30-13-8-15-33(42)38(30)44)28-16-18-31(19-17-28)48-21-9-20-47-24-27-10-5-4-6-11-27/h4-8,10-19,34-36H,9,20-26H2,1-3H3/t34-,35+,36?. The quantitative estimate of drug-likeness (QED) is 0.0877. The van der Waals surface area contributed by atoms with Gasteiger partial charge in [0.1, 0.15) is 23.0 Å². The van der Waals surface area contributed by atoms with Crippen LogP contribution in [0, 0.1) is 11.6 Å². The summed E-state index contributed by atoms with van der Waals surface area (Å²) in [4.78, 5) is 18.4. The molecule has 0 amide bonds. The van der Waals surface area contributed by atoms with E-state index < -0.39 is 41.5 Å². The molecule has 0 aromatic heterocycles. The van der Waals surface area contributed by atoms with Crippen molar-refractivity contribution in [2.45, 2.75) is 70.7 Å². The third-order valence-electron chi connectivity index (χ3n) is 8.21. The minimum absolute atomic E-state index is 0.0284. The number of benzene rings is 4. The Kier molecular flexibility index (Phi) is 14.3. The molecule has 0 aliphatic carbocycles. The van der Waals surface area contributed by atoms with E-state index in [4.69, 9.17) is 51.7 Å². The monoisotopic (exact) mass is 757 g/mol. The van der Waals surface area contributed by atoms with Crippen molar-refractivity contribution in [1.82, 2.24) is 5.06 Å². The Morgan fingerprint density at radius 2 is 1.33 bits per heavy atom. The Hall–Kier alpha value is -3.77. The summed E-state index contributed by atoms with van der Waals surface area (Å²) in [6.45, 7) is 6.67. The lowest BCUT2D eigenvalue weighted by Crippen LogP contribution is -2.53. The van der Waals surface area contributed by atoms with Crippen molar-refractivity contribution >= 4 is 29.4 Å². The van der Waals surface area contributed by atoms with Gasteiger partial charge < -0.3 is 28.5 Å². The molecule has 1 unspecified atom stereocenters. The second-order valence-electron chi connectivity index (χ2n) is 13.4. The lowest BCUT2D eigenvalue weighted by Gasteiger charge is -2.42. The molecule has 4 aromatic rings. The summed E-state index contributed by atoms with van der Waals surface area (Å²) >= 11 is 12.1. The van der Waals surface area contributed by atoms with Crippen molar-refractivity contribution in [3.8, 4) is 5.75 Å². The normalized spacial score (nSPS) is 17.9. The van der Waals surface area contributed by atoms with Crippen LogP contribution in [0.5, 0.6) is 5.75 Å². The average molecular weight is 759 g/mol. The van der Waals surface area contributed by atoms with Crippen molar-refractivity contribution in [3.63, 3.8) is 0 Å². The van der Waals surface area contributed by atoms with E-state index in [9.17, 15) is 13.6 Å². The maximum Gasteiger partial charge on any atom is 0.528 e. The number of hydroxylamine groups is 2. The Bertz CT molecular complexity index is 1680. The second-order valence-corrected chi connectivity index (χ2v) is 14.2. The Morgan fingerprint density at radius 3 is 1.88 bits per heavy atom. The first-order valence-corrected chi connectivity index (χ1v) is 17.8. The summed E-state index contributed by atoms with van der Waals surface area (Å²) in [7, 11) is 0. The molecule has 1 fully saturated rings. The second kappa shape index (κ2) is 18.8. The molecular weight excluding hydrogens is 715 g/mol. The minimum atomic E-state index is -0.905. The highest BCUT2D eigenvalue weighted by atomic mass is 35.5. The number of ether oxygens (including phenoxy) is 5. The van der Waals surface area contributed by atoms with E-state index >= 15 is 0 Å². The van der Waals surface area contributed by atoms with Gasteiger partial charge in [-0.3, -0.25) is 0 Å². The fourth-order valence-electron chi connectivity index (χ4n) is 5.75. The van der Waals surface area contributed by atoms with Gasteiger partial charge in [0.25, 0.3) is 0 Å². The third kappa shape index (κ3) is 11.6. The van der Waals surface area contributed by atoms with E-state index in [1.165, 1.54) is 17.2 Å². The first-order chi connectivity index (χ1) is 25.0. The van der Waals surface area contributed by atoms with Crippen molar-refractivity contribution in [3.05, 3.63) is 135 Å². The van der Waals surface area contributed by atoms with Gasteiger partial charge in [-0.2, -0.15) is 0 Å². The zero-order valence-corrected chi connectivity index (χ0v) is 30.9. The predicted octanol–water partition coefficient (Wildman–Crippen LogP) is 9.69. The number of carbonyl (C=O) groups is 1. The molecular formula is C40H43Cl2F2NO7. The van der Waals surface area contributed by atoms with Gasteiger partial charge in [0.2, 0.25) is 0 Å². The number of hydrogen-bond donors (Lipinski definition) is 0. The molecule has 52 heavy (non-hydrogen) atoms. The van der Waals surface area contributed by atoms with Crippen LogP contribution in [0.1, 0.15) is 55.4 Å². The summed E-state index contributed by atoms with van der Waals surface area (Å²) in [5.41, 5.74) is 1.65. The summed E-state index contributed by atoms with van der Waals surface area (Å²) in [6, 6.07) is 26.9. The van der Waals surface area contributed by atoms with E-state index in [0.717, 1.165) is 11.1 Å². The third-order valence-corrected chi connectivity index (χ3v) is 8.79. The topological polar surface area (TPSA) is 75.7 Å². The van der Waals surface area contributed by atoms with Gasteiger partial charge in [-0.15, -0.1) is 5.06 Å². The fraction of sp³-hybridized carbons (Fsp3) is 0.375. The lowest BCUT2D eigenvalue weighted by molar-refractivity contribution is -0.209. The van der Waals surface area contributed by atoms with E-state index in [1.807, 2.05) is 54.6 Å². The van der Waals surface area contributed by atoms with E-state index in [2.05, 4.69) is 0 Å². The van der Waals surface area contributed by atoms with Crippen LogP contribution >= 0.6 is 23.2 Å². The number of piperidine rings is 1. The minimum Gasteiger partial charge on any atom is -0.494 e. The van der Waals surface area contributed by atoms with E-state index in [1.54, 1.807) is 45.0 Å². The van der Waals surface area contributed by atoms with Gasteiger partial charge in [0, 0.05) is 23.5 Å². The molecule has 3 atom stereocenters. The number of carbonyl (C=O) groups excluding carboxylic acids is 1. The molecule has 0 radical (unpaired) electrons. The highest BCUT2D eigenvalue weighted by Crippen LogP contribution is 2.36. The number of hydrogen-bond acceptors (Lipinski definition) is 8. The Labute approximate surface area is 313 Å². The summed E-state index contributed by atoms with van der Waals surface area (Å²) in [5, 5.41) is 1.33. The molecule has 0 saturated carbocycles. The van der Waals surface area contributed by atoms with E-state index in [-0.39, 0.29) is 47.5 Å². The molecule has 0 N–H and O–H groups in total. The first kappa shape index (κ1) is 39.4. The highest BCUT2D eigenvalue weighted by Gasteiger charge is 2.42. The van der Waals surface area contributed by atoms with Gasteiger partial charge in [-0.05, 0) is 56.2 Å². The van der Waals surface area contributed by atoms with Crippen LogP contribution < -0.4 is 4.74 Å². The van der Waals surface area contributed by atoms with Crippen LogP contribution in [0.3, 0.4) is 0 Å². The van der Waals surface area contributed by atoms with Gasteiger partial charge in [0.15, 0.2) is 0 Å². The van der Waals surface area contributed by atoms with Crippen LogP contribution in [0.4, 0.5) is 13.6 Å². The molecule has 5 rings (SSSR count). The van der Waals surface area contributed by atoms with Crippen LogP contribution in [-0.2, 0) is 43.6 Å². The van der Waals surface area contributed by atoms with Gasteiger partial charge >= 0.3 is 6.16 Å². The van der Waals surface area contributed by atoms with Gasteiger partial charge in [-0.25, -0.2) is 13.6 Å². The summed E-state index contributed by atoms with van der Waals surface area (Å²) < 4.78 is 59.8. The zero-order chi connectivity index (χ0) is 37.1. The largest absolute Gasteiger partial charge is 0.528 e. The van der Waals surface area contributed by atoms with Crippen molar-refractivity contribution in [2.24, 2.45) is 0 Å². The molecule has 1 saturated heterocycles. The van der Waals surface area contributed by atoms with Crippen molar-refractivity contribution in [2.75, 3.05) is 26.3 Å². The number of rotatable bonds is 15. The maximum absolute atomic E-state index is 14.9. The fourth-order valence-corrected chi connectivity index (χ4v) is 6.14. The highest BCUT2D eigenvalue weighted by molar-refractivity contribution is 6.31. The Morgan fingerprint density at radius 1 is 0.750 bits per heavy atom. The molecule has 12 heteroatoms. The molecule has 8 nitrogen and oxygen atoms in total. The van der Waals surface area contributed by atoms with Crippen LogP contribution in [0.25, 0.3) is 0 Å². The average Bonchev–Trinajstić information content (AvgIpc) is 3.11. The summed E-state index contributed by atoms with van der Waals surface area (Å²) in [5.74, 6) is -0.984. The van der Waals surface area contributed by atoms with Crippen LogP contribution in [0.15, 0.2) is 91.0 Å². The molecule has 278 valence electrons. The SMILES string of the molecule is CC(C)(C)OC(=O)ON1C[C@H](OCc2cccc(Cl)c2F)C(c2ccc(OCCCOCc3ccccc3)cc2)[C@H](OCc2cccc(Cl)c2F)C1. The zero-order valence-electron chi connectivity index (χ0n) is 29.4. The van der Waals surface area contributed by atoms with Crippen molar-refractivity contribution in [1.29, 1.82) is 0 Å². The predicted molar refractivity (Wildman–Crippen MR) is 194 cm³/mol. The molecule has 0 spiro atoms. The number of nitrogens with zero attached hydrogens (tertiary/aromatic N) is 1. The Balaban J connectivity index is 1.34. The molecule has 0 bridgehead atoms. The molecule has 4 aromatic carbocycles. The van der Waals surface area contributed by atoms with Crippen LogP contribution in [-0.4, -0.2) is 55.3 Å². The van der Waals surface area contributed by atoms with Gasteiger partial charge in [-0.1, -0.05) is 89.9 Å². The first-order valence-electron chi connectivity index (χ1n) is 17.1.